The molecule has 0 radical (unpaired) electrons. The van der Waals surface area contributed by atoms with E-state index < -0.39 is 47.8 Å². The fraction of sp³-hybridized carbons (Fsp3) is 0.765. The van der Waals surface area contributed by atoms with E-state index in [-0.39, 0.29) is 84.7 Å². The van der Waals surface area contributed by atoms with Gasteiger partial charge in [0.05, 0.1) is 49.3 Å². The number of benzene rings is 1. The summed E-state index contributed by atoms with van der Waals surface area (Å²) in [5, 5.41) is 7.64. The zero-order chi connectivity index (χ0) is 50.5. The normalized spacial score (nSPS) is 23.0. The Balaban J connectivity index is 1.47. The summed E-state index contributed by atoms with van der Waals surface area (Å²) in [7, 11) is 6.65. The van der Waals surface area contributed by atoms with Gasteiger partial charge in [-0.2, -0.15) is 0 Å². The summed E-state index contributed by atoms with van der Waals surface area (Å²) in [6, 6.07) is 7.34. The number of hydrogen-bond acceptors (Lipinski definition) is 12. The molecule has 384 valence electrons. The summed E-state index contributed by atoms with van der Waals surface area (Å²) in [6.07, 6.45) is 3.07. The minimum Gasteiger partial charge on any atom is -0.461 e. The number of hydrogen-bond donors (Lipinski definition) is 3. The number of carbonyl (C=O) groups excluding carboxylic acids is 6. The second-order valence-corrected chi connectivity index (χ2v) is 20.2. The van der Waals surface area contributed by atoms with Crippen LogP contribution >= 0.6 is 0 Å². The highest BCUT2D eigenvalue weighted by Crippen LogP contribution is 2.53. The van der Waals surface area contributed by atoms with E-state index in [1.807, 2.05) is 83.8 Å². The molecule has 4 N–H and O–H groups in total. The fourth-order valence-electron chi connectivity index (χ4n) is 10.3. The lowest BCUT2D eigenvalue weighted by Gasteiger charge is -2.41. The molecule has 17 heteroatoms. The zero-order valence-corrected chi connectivity index (χ0v) is 43.2. The maximum absolute atomic E-state index is 14.6. The minimum atomic E-state index is -1.15. The van der Waals surface area contributed by atoms with E-state index in [0.29, 0.717) is 58.3 Å². The standard InChI is InChI=1S/C51H85N7O10/c1-13-34(6)45(56(10)49(63)43(32(2)3)53-48(62)44(33(4)5)55(9)25-20-24-42(60)68-35(7)31-52)40(65-11)29-41(59)57-26-19-23-39(57)46(66-12)36(8)47(61)54-51(50(64)58-27-17-18-28-67-58)30-38(51)37-21-15-14-16-22-37/h14-16,21-22,32-36,38-40,43-46H,13,17-20,23-31,52H2,1-12H3,(H,53,62)(H,54,61). The van der Waals surface area contributed by atoms with Crippen LogP contribution in [-0.4, -0.2) is 164 Å². The van der Waals surface area contributed by atoms with Gasteiger partial charge in [-0.05, 0) is 82.4 Å². The molecule has 1 saturated carbocycles. The Morgan fingerprint density at radius 3 is 2.18 bits per heavy atom. The topological polar surface area (TPSA) is 202 Å². The first-order valence-electron chi connectivity index (χ1n) is 25.1. The predicted octanol–water partition coefficient (Wildman–Crippen LogP) is 4.27. The molecule has 3 fully saturated rings. The van der Waals surface area contributed by atoms with Crippen molar-refractivity contribution in [3.8, 4) is 0 Å². The quantitative estimate of drug-likeness (QED) is 0.112. The molecule has 1 aromatic rings. The Morgan fingerprint density at radius 1 is 0.912 bits per heavy atom. The van der Waals surface area contributed by atoms with Crippen LogP contribution in [0.3, 0.4) is 0 Å². The van der Waals surface area contributed by atoms with E-state index in [1.54, 1.807) is 44.9 Å². The highest BCUT2D eigenvalue weighted by atomic mass is 16.7. The lowest BCUT2D eigenvalue weighted by Crippen LogP contribution is -2.60. The second-order valence-electron chi connectivity index (χ2n) is 20.2. The SMILES string of the molecule is CCC(C)C(C(CC(=O)N1CCCC1C(OC)C(C)C(=O)NC1(C(=O)N2CCCCO2)CC1c1ccccc1)OC)N(C)C(=O)C(NC(=O)C(C(C)C)N(C)CCCC(=O)OC(C)CN)C(C)C. The van der Waals surface area contributed by atoms with Crippen LogP contribution in [0.2, 0.25) is 0 Å². The number of likely N-dealkylation sites (tertiary alicyclic amines) is 1. The molecular formula is C51H85N7O10. The largest absolute Gasteiger partial charge is 0.461 e. The Labute approximate surface area is 406 Å². The van der Waals surface area contributed by atoms with E-state index in [1.165, 1.54) is 5.06 Å². The molecule has 2 saturated heterocycles. The van der Waals surface area contributed by atoms with Gasteiger partial charge in [0.15, 0.2) is 0 Å². The van der Waals surface area contributed by atoms with E-state index in [4.69, 9.17) is 24.8 Å². The average Bonchev–Trinajstić information content (AvgIpc) is 3.84. The molecule has 3 aliphatic rings. The highest BCUT2D eigenvalue weighted by Gasteiger charge is 2.64. The van der Waals surface area contributed by atoms with E-state index in [9.17, 15) is 28.8 Å². The van der Waals surface area contributed by atoms with Crippen LogP contribution in [0.25, 0.3) is 0 Å². The van der Waals surface area contributed by atoms with Gasteiger partial charge in [-0.15, -0.1) is 0 Å². The number of methoxy groups -OCH3 is 2. The first-order chi connectivity index (χ1) is 32.3. The molecule has 0 bridgehead atoms. The third kappa shape index (κ3) is 14.0. The van der Waals surface area contributed by atoms with Crippen molar-refractivity contribution in [2.45, 2.75) is 167 Å². The van der Waals surface area contributed by atoms with Gasteiger partial charge in [0.2, 0.25) is 23.6 Å². The number of nitrogens with one attached hydrogen (secondary N) is 2. The summed E-state index contributed by atoms with van der Waals surface area (Å²) in [5.74, 6) is -3.06. The van der Waals surface area contributed by atoms with Crippen LogP contribution in [0.1, 0.15) is 125 Å². The van der Waals surface area contributed by atoms with Crippen molar-refractivity contribution in [3.63, 3.8) is 0 Å². The Kier molecular flexibility index (Phi) is 21.7. The number of hydroxylamine groups is 2. The number of carbonyl (C=O) groups is 6. The highest BCUT2D eigenvalue weighted by molar-refractivity contribution is 5.96. The van der Waals surface area contributed by atoms with Gasteiger partial charge in [-0.3, -0.25) is 38.5 Å². The molecule has 68 heavy (non-hydrogen) atoms. The van der Waals surface area contributed by atoms with Crippen LogP contribution in [-0.2, 0) is 47.8 Å². The minimum absolute atomic E-state index is 0.0273. The van der Waals surface area contributed by atoms with Crippen molar-refractivity contribution in [3.05, 3.63) is 35.9 Å². The monoisotopic (exact) mass is 956 g/mol. The van der Waals surface area contributed by atoms with Crippen LogP contribution in [0.5, 0.6) is 0 Å². The van der Waals surface area contributed by atoms with Gasteiger partial charge in [-0.1, -0.05) is 85.2 Å². The summed E-state index contributed by atoms with van der Waals surface area (Å²) in [5.41, 5.74) is 5.40. The lowest BCUT2D eigenvalue weighted by atomic mass is 9.89. The zero-order valence-electron chi connectivity index (χ0n) is 43.2. The van der Waals surface area contributed by atoms with Crippen LogP contribution in [0.4, 0.5) is 0 Å². The number of esters is 1. The number of rotatable bonds is 26. The molecular weight excluding hydrogens is 871 g/mol. The number of likely N-dealkylation sites (N-methyl/N-ethyl adjacent to an activating group) is 2. The van der Waals surface area contributed by atoms with Crippen molar-refractivity contribution in [2.75, 3.05) is 61.1 Å². The van der Waals surface area contributed by atoms with E-state index in [2.05, 4.69) is 10.6 Å². The Morgan fingerprint density at radius 2 is 1.60 bits per heavy atom. The summed E-state index contributed by atoms with van der Waals surface area (Å²) >= 11 is 0. The van der Waals surface area contributed by atoms with Gasteiger partial charge in [0.1, 0.15) is 17.7 Å². The van der Waals surface area contributed by atoms with Crippen molar-refractivity contribution in [2.24, 2.45) is 29.4 Å². The first kappa shape index (κ1) is 56.4. The van der Waals surface area contributed by atoms with Crippen LogP contribution in [0.15, 0.2) is 30.3 Å². The average molecular weight is 956 g/mol. The Bertz CT molecular complexity index is 1810. The number of amides is 5. The van der Waals surface area contributed by atoms with Gasteiger partial charge >= 0.3 is 5.97 Å². The molecule has 11 atom stereocenters. The van der Waals surface area contributed by atoms with E-state index >= 15 is 0 Å². The molecule has 0 aromatic heterocycles. The summed E-state index contributed by atoms with van der Waals surface area (Å²) in [4.78, 5) is 95.1. The van der Waals surface area contributed by atoms with Gasteiger partial charge in [-0.25, -0.2) is 5.06 Å². The van der Waals surface area contributed by atoms with Gasteiger partial charge < -0.3 is 40.4 Å². The third-order valence-electron chi connectivity index (χ3n) is 14.5. The number of nitrogens with two attached hydrogens (primary N) is 1. The van der Waals surface area contributed by atoms with E-state index in [0.717, 1.165) is 18.4 Å². The molecule has 5 amide bonds. The molecule has 1 aliphatic carbocycles. The van der Waals surface area contributed by atoms with Gasteiger partial charge in [0.25, 0.3) is 5.91 Å². The Hall–Kier alpha value is -4.16. The summed E-state index contributed by atoms with van der Waals surface area (Å²) < 4.78 is 17.5. The fourth-order valence-corrected chi connectivity index (χ4v) is 10.3. The molecule has 0 spiro atoms. The molecule has 2 heterocycles. The molecule has 11 unspecified atom stereocenters. The molecule has 17 nitrogen and oxygen atoms in total. The summed E-state index contributed by atoms with van der Waals surface area (Å²) in [6.45, 7) is 17.3. The maximum Gasteiger partial charge on any atom is 0.306 e. The molecule has 4 rings (SSSR count). The number of nitrogens with zero attached hydrogens (tertiary/aromatic N) is 4. The molecule has 1 aromatic carbocycles. The van der Waals surface area contributed by atoms with Crippen molar-refractivity contribution in [1.29, 1.82) is 0 Å². The van der Waals surface area contributed by atoms with Crippen LogP contribution < -0.4 is 16.4 Å². The van der Waals surface area contributed by atoms with Crippen molar-refractivity contribution >= 4 is 35.5 Å². The predicted molar refractivity (Wildman–Crippen MR) is 260 cm³/mol. The second kappa shape index (κ2) is 26.2. The van der Waals surface area contributed by atoms with Gasteiger partial charge in [0, 0.05) is 53.2 Å². The first-order valence-corrected chi connectivity index (χ1v) is 25.1. The van der Waals surface area contributed by atoms with Crippen molar-refractivity contribution < 1.29 is 47.8 Å². The van der Waals surface area contributed by atoms with Crippen LogP contribution in [0, 0.1) is 23.7 Å². The maximum atomic E-state index is 14.6. The third-order valence-corrected chi connectivity index (χ3v) is 14.5. The van der Waals surface area contributed by atoms with Crippen molar-refractivity contribution in [1.82, 2.24) is 30.4 Å². The number of ether oxygens (including phenoxy) is 3. The lowest BCUT2D eigenvalue weighted by molar-refractivity contribution is -0.200. The smallest absolute Gasteiger partial charge is 0.306 e. The molecule has 2 aliphatic heterocycles.